The molecule has 6 unspecified atom stereocenters. The van der Waals surface area contributed by atoms with Crippen molar-refractivity contribution in [3.05, 3.63) is 78.1 Å². The number of likely N-dealkylation sites (N-methyl/N-ethyl adjacent to an activating group) is 4. The largest absolute Gasteiger partial charge is 0.505 e. The summed E-state index contributed by atoms with van der Waals surface area (Å²) in [6.07, 6.45) is 3.45. The number of hydrogen-bond donors (Lipinski definition) is 5. The molecule has 0 aliphatic carbocycles. The average molecular weight is 1140 g/mol. The van der Waals surface area contributed by atoms with E-state index < -0.39 is 124 Å². The first kappa shape index (κ1) is 58.5. The van der Waals surface area contributed by atoms with Gasteiger partial charge in [-0.25, -0.2) is 9.97 Å². The maximum absolute atomic E-state index is 14.7. The van der Waals surface area contributed by atoms with Crippen molar-refractivity contribution in [3.63, 3.8) is 0 Å². The molecule has 4 aromatic rings. The third kappa shape index (κ3) is 14.8. The van der Waals surface area contributed by atoms with Crippen molar-refractivity contribution in [3.8, 4) is 5.75 Å². The Bertz CT molecular complexity index is 2850. The zero-order valence-electron chi connectivity index (χ0n) is 41.6. The van der Waals surface area contributed by atoms with Crippen LogP contribution in [0, 0.1) is 0 Å². The van der Waals surface area contributed by atoms with Gasteiger partial charge in [0.15, 0.2) is 5.69 Å². The molecule has 75 heavy (non-hydrogen) atoms. The normalized spacial score (nSPS) is 23.0. The summed E-state index contributed by atoms with van der Waals surface area (Å²) in [5.74, 6) is -7.54. The Morgan fingerprint density at radius 2 is 1.07 bits per heavy atom. The molecule has 5 N–H and O–H groups in total. The molecule has 27 heteroatoms. The third-order valence-corrected chi connectivity index (χ3v) is 18.1. The highest BCUT2D eigenvalue weighted by Crippen LogP contribution is 2.29. The molecule has 2 saturated heterocycles. The van der Waals surface area contributed by atoms with E-state index in [0.717, 1.165) is 36.8 Å². The SMILES string of the molecule is CSCC1C(=O)SCC(NC(=O)c2nc3ccccc3cc2O)C(=O)NCC(=O)N(C)C2CSSCC(C(=O)N1C)N(C)C(=O)CNC(=O)C(NC(=O)c1ccc3ccccc3n1)CSC(=O)C(CSC)N(C)C2=O. The van der Waals surface area contributed by atoms with Gasteiger partial charge in [-0.05, 0) is 36.8 Å². The lowest BCUT2D eigenvalue weighted by molar-refractivity contribution is -0.144. The van der Waals surface area contributed by atoms with Crippen molar-refractivity contribution < 1.29 is 53.1 Å². The Kier molecular flexibility index (Phi) is 21.3. The monoisotopic (exact) mass is 1140 g/mol. The zero-order chi connectivity index (χ0) is 54.5. The van der Waals surface area contributed by atoms with Crippen LogP contribution in [0.3, 0.4) is 0 Å². The molecule has 8 amide bonds. The number of amides is 8. The zero-order valence-corrected chi connectivity index (χ0v) is 46.5. The van der Waals surface area contributed by atoms with Gasteiger partial charge in [0.1, 0.15) is 47.7 Å². The van der Waals surface area contributed by atoms with E-state index in [1.807, 2.05) is 12.1 Å². The average Bonchev–Trinajstić information content (AvgIpc) is 3.41. The van der Waals surface area contributed by atoms with Crippen molar-refractivity contribution in [2.75, 3.05) is 88.3 Å². The number of carbonyl (C=O) groups is 10. The van der Waals surface area contributed by atoms with Gasteiger partial charge in [-0.3, -0.25) is 47.9 Å². The van der Waals surface area contributed by atoms with Crippen molar-refractivity contribution in [2.45, 2.75) is 36.3 Å². The van der Waals surface area contributed by atoms with Crippen LogP contribution in [0.5, 0.6) is 5.75 Å². The van der Waals surface area contributed by atoms with Crippen molar-refractivity contribution in [2.24, 2.45) is 0 Å². The van der Waals surface area contributed by atoms with Gasteiger partial charge in [0.2, 0.25) is 45.7 Å². The topological polar surface area (TPSA) is 278 Å². The van der Waals surface area contributed by atoms with Gasteiger partial charge in [0.05, 0.1) is 24.1 Å². The summed E-state index contributed by atoms with van der Waals surface area (Å²) in [4.78, 5) is 155. The molecule has 2 aromatic carbocycles. The van der Waals surface area contributed by atoms with E-state index in [2.05, 4.69) is 31.2 Å². The summed E-state index contributed by atoms with van der Waals surface area (Å²) in [5, 5.41) is 21.2. The molecule has 0 saturated carbocycles. The quantitative estimate of drug-likeness (QED) is 0.157. The van der Waals surface area contributed by atoms with Gasteiger partial charge < -0.3 is 46.0 Å². The number of para-hydroxylation sites is 2. The Morgan fingerprint density at radius 1 is 0.613 bits per heavy atom. The highest BCUT2D eigenvalue weighted by molar-refractivity contribution is 8.76. The van der Waals surface area contributed by atoms with Gasteiger partial charge in [-0.15, -0.1) is 0 Å². The number of nitrogens with one attached hydrogen (secondary N) is 4. The van der Waals surface area contributed by atoms with Crippen LogP contribution in [0.25, 0.3) is 21.8 Å². The first-order chi connectivity index (χ1) is 35.8. The van der Waals surface area contributed by atoms with Gasteiger partial charge in [0, 0.05) is 73.5 Å². The number of rotatable bonds is 8. The van der Waals surface area contributed by atoms with E-state index >= 15 is 0 Å². The second kappa shape index (κ2) is 27.3. The van der Waals surface area contributed by atoms with E-state index in [4.69, 9.17) is 0 Å². The van der Waals surface area contributed by atoms with E-state index in [-0.39, 0.29) is 34.5 Å². The van der Waals surface area contributed by atoms with Gasteiger partial charge >= 0.3 is 0 Å². The molecule has 400 valence electrons. The number of aromatic hydroxyl groups is 1. The molecule has 6 atom stereocenters. The van der Waals surface area contributed by atoms with Crippen LogP contribution in [-0.2, 0) is 38.4 Å². The summed E-state index contributed by atoms with van der Waals surface area (Å²) in [6, 6.07) is 10.6. The highest BCUT2D eigenvalue weighted by Gasteiger charge is 2.39. The number of carbonyl (C=O) groups excluding carboxylic acids is 10. The maximum atomic E-state index is 14.7. The number of nitrogens with zero attached hydrogens (tertiary/aromatic N) is 6. The standard InChI is InChI=1S/C48H56N10O11S6/c1-55-33-24-74-75-25-34(45(66)57(3)35(22-70-5)47(68)72-20-31(41(62)49-18-38(55)60)53-43(64)30-16-15-26-11-7-9-13-28(26)51-30)56(2)39(61)19-50-42(63)32(21-73-48(69)36(23-71-6)58(4)46(33)67)54-44(65)40-37(59)17-27-12-8-10-14-29(27)52-40/h7-17,31-36,59H,18-25H2,1-6H3,(H,49,62)(H,50,63)(H,53,64)(H,54,65). The predicted octanol–water partition coefficient (Wildman–Crippen LogP) is 1.58. The minimum absolute atomic E-state index is 0.0197. The van der Waals surface area contributed by atoms with Gasteiger partial charge in [0.25, 0.3) is 11.8 Å². The molecular weight excluding hydrogens is 1080 g/mol. The molecule has 2 aromatic heterocycles. The van der Waals surface area contributed by atoms with Crippen LogP contribution in [-0.4, -0.2) is 217 Å². The minimum atomic E-state index is -1.52. The van der Waals surface area contributed by atoms with E-state index in [9.17, 15) is 53.1 Å². The lowest BCUT2D eigenvalue weighted by atomic mass is 10.1. The first-order valence-corrected chi connectivity index (χ1v) is 30.3. The van der Waals surface area contributed by atoms with E-state index in [1.54, 1.807) is 55.0 Å². The fraction of sp³-hybridized carbons (Fsp3) is 0.417. The Labute approximate surface area is 457 Å². The number of pyridine rings is 2. The Balaban J connectivity index is 1.35. The molecule has 6 rings (SSSR count). The molecule has 4 heterocycles. The van der Waals surface area contributed by atoms with Crippen molar-refractivity contribution >= 4 is 148 Å². The molecule has 2 bridgehead atoms. The fourth-order valence-electron chi connectivity index (χ4n) is 7.67. The maximum Gasteiger partial charge on any atom is 0.274 e. The van der Waals surface area contributed by atoms with Crippen molar-refractivity contribution in [1.29, 1.82) is 0 Å². The van der Waals surface area contributed by atoms with Gasteiger partial charge in [-0.2, -0.15) is 23.5 Å². The van der Waals surface area contributed by atoms with Crippen LogP contribution in [0.4, 0.5) is 0 Å². The summed E-state index contributed by atoms with van der Waals surface area (Å²) < 4.78 is 0. The molecule has 2 aliphatic rings. The highest BCUT2D eigenvalue weighted by atomic mass is 33.1. The molecule has 0 radical (unpaired) electrons. The minimum Gasteiger partial charge on any atom is -0.505 e. The molecule has 21 nitrogen and oxygen atoms in total. The lowest BCUT2D eigenvalue weighted by Crippen LogP contribution is -2.57. The van der Waals surface area contributed by atoms with Crippen LogP contribution in [0.1, 0.15) is 21.0 Å². The number of thioether (sulfide) groups is 4. The summed E-state index contributed by atoms with van der Waals surface area (Å²) in [5.41, 5.74) is 0.463. The number of fused-ring (bicyclic) bond motifs is 7. The number of benzene rings is 2. The van der Waals surface area contributed by atoms with E-state index in [0.29, 0.717) is 39.9 Å². The van der Waals surface area contributed by atoms with Crippen molar-refractivity contribution in [1.82, 2.24) is 50.8 Å². The van der Waals surface area contributed by atoms with Crippen LogP contribution in [0.2, 0.25) is 0 Å². The molecular formula is C48H56N10O11S6. The number of aromatic nitrogens is 2. The van der Waals surface area contributed by atoms with Gasteiger partial charge in [-0.1, -0.05) is 87.6 Å². The smallest absolute Gasteiger partial charge is 0.274 e. The Hall–Kier alpha value is -5.74. The van der Waals surface area contributed by atoms with Crippen LogP contribution in [0.15, 0.2) is 66.7 Å². The number of hydrogen-bond acceptors (Lipinski definition) is 19. The first-order valence-electron chi connectivity index (χ1n) is 23.1. The second-order valence-corrected chi connectivity index (χ2v) is 23.6. The molecule has 2 fully saturated rings. The van der Waals surface area contributed by atoms with Crippen LogP contribution < -0.4 is 21.3 Å². The van der Waals surface area contributed by atoms with Crippen LogP contribution >= 0.6 is 68.6 Å². The predicted molar refractivity (Wildman–Crippen MR) is 297 cm³/mol. The Morgan fingerprint density at radius 3 is 1.56 bits per heavy atom. The molecule has 2 aliphatic heterocycles. The fourth-order valence-corrected chi connectivity index (χ4v) is 13.8. The molecule has 0 spiro atoms. The lowest BCUT2D eigenvalue weighted by Gasteiger charge is -2.35. The third-order valence-electron chi connectivity index (χ3n) is 12.3. The van der Waals surface area contributed by atoms with E-state index in [1.165, 1.54) is 73.6 Å². The summed E-state index contributed by atoms with van der Waals surface area (Å²) in [6.45, 7) is -1.33. The second-order valence-electron chi connectivity index (χ2n) is 17.1. The summed E-state index contributed by atoms with van der Waals surface area (Å²) in [7, 11) is 7.72. The summed E-state index contributed by atoms with van der Waals surface area (Å²) >= 11 is 3.82.